The molecule has 0 spiro atoms. The first-order valence-electron chi connectivity index (χ1n) is 4.01. The topological polar surface area (TPSA) is 50.4 Å². The van der Waals surface area contributed by atoms with Crippen LogP contribution in [0.5, 0.6) is 0 Å². The molecule has 12 heavy (non-hydrogen) atoms. The molecule has 0 bridgehead atoms. The molecule has 0 amide bonds. The van der Waals surface area contributed by atoms with Crippen LogP contribution in [0.4, 0.5) is 0 Å². The van der Waals surface area contributed by atoms with Gasteiger partial charge in [0.1, 0.15) is 5.76 Å². The van der Waals surface area contributed by atoms with E-state index in [0.29, 0.717) is 18.4 Å². The van der Waals surface area contributed by atoms with E-state index in [2.05, 4.69) is 0 Å². The number of ketones is 1. The Morgan fingerprint density at radius 1 is 1.58 bits per heavy atom. The lowest BCUT2D eigenvalue weighted by molar-refractivity contribution is 0.0911. The molecule has 1 unspecified atom stereocenters. The number of aliphatic hydroxyl groups excluding tert-OH is 1. The highest BCUT2D eigenvalue weighted by molar-refractivity contribution is 5.98. The number of rotatable bonds is 1. The maximum Gasteiger partial charge on any atom is 0.166 e. The molecule has 2 rings (SSSR count). The molecule has 3 heteroatoms. The van der Waals surface area contributed by atoms with E-state index >= 15 is 0 Å². The van der Waals surface area contributed by atoms with Crippen LogP contribution in [0.15, 0.2) is 16.7 Å². The van der Waals surface area contributed by atoms with Crippen molar-refractivity contribution in [1.29, 1.82) is 0 Å². The van der Waals surface area contributed by atoms with E-state index in [-0.39, 0.29) is 18.3 Å². The molecule has 1 aliphatic rings. The van der Waals surface area contributed by atoms with E-state index in [0.717, 1.165) is 5.76 Å². The van der Waals surface area contributed by atoms with Gasteiger partial charge in [0.15, 0.2) is 5.78 Å². The summed E-state index contributed by atoms with van der Waals surface area (Å²) in [6.07, 6.45) is 2.66. The summed E-state index contributed by atoms with van der Waals surface area (Å²) in [5, 5.41) is 8.88. The highest BCUT2D eigenvalue weighted by atomic mass is 16.3. The van der Waals surface area contributed by atoms with Crippen molar-refractivity contribution in [2.75, 3.05) is 6.61 Å². The molecule has 0 saturated heterocycles. The molecular weight excluding hydrogens is 156 g/mol. The van der Waals surface area contributed by atoms with E-state index in [1.165, 1.54) is 6.26 Å². The van der Waals surface area contributed by atoms with Crippen molar-refractivity contribution in [3.63, 3.8) is 0 Å². The quantitative estimate of drug-likeness (QED) is 0.677. The summed E-state index contributed by atoms with van der Waals surface area (Å²) in [5.74, 6) is 0.866. The number of Topliss-reactive ketones (excluding diaryl/α,β-unsaturated/α-hetero) is 1. The molecule has 0 fully saturated rings. The monoisotopic (exact) mass is 166 g/mol. The summed E-state index contributed by atoms with van der Waals surface area (Å²) in [7, 11) is 0. The molecule has 3 nitrogen and oxygen atoms in total. The van der Waals surface area contributed by atoms with Crippen molar-refractivity contribution in [2.24, 2.45) is 5.92 Å². The summed E-state index contributed by atoms with van der Waals surface area (Å²) in [5.41, 5.74) is 0.694. The van der Waals surface area contributed by atoms with Crippen LogP contribution < -0.4 is 0 Å². The molecule has 1 aliphatic carbocycles. The Bertz CT molecular complexity index is 300. The molecule has 0 aliphatic heterocycles. The van der Waals surface area contributed by atoms with Crippen molar-refractivity contribution in [3.05, 3.63) is 23.7 Å². The Morgan fingerprint density at radius 3 is 3.17 bits per heavy atom. The zero-order valence-electron chi connectivity index (χ0n) is 6.62. The Hall–Kier alpha value is -1.09. The first kappa shape index (κ1) is 7.55. The SMILES string of the molecule is O=C1CC(CO)Cc2occc21. The number of fused-ring (bicyclic) bond motifs is 1. The number of carbonyl (C=O) groups is 1. The lowest BCUT2D eigenvalue weighted by Gasteiger charge is -2.17. The van der Waals surface area contributed by atoms with Gasteiger partial charge in [0.2, 0.25) is 0 Å². The molecule has 0 saturated carbocycles. The smallest absolute Gasteiger partial charge is 0.166 e. The fourth-order valence-electron chi connectivity index (χ4n) is 1.58. The third-order valence-electron chi connectivity index (χ3n) is 2.25. The van der Waals surface area contributed by atoms with Crippen LogP contribution in [0, 0.1) is 5.92 Å². The Balaban J connectivity index is 2.32. The van der Waals surface area contributed by atoms with Crippen LogP contribution >= 0.6 is 0 Å². The average molecular weight is 166 g/mol. The first-order chi connectivity index (χ1) is 5.81. The minimum atomic E-state index is 0.0520. The van der Waals surface area contributed by atoms with Gasteiger partial charge < -0.3 is 9.52 Å². The molecule has 1 aromatic heterocycles. The second-order valence-corrected chi connectivity index (χ2v) is 3.14. The van der Waals surface area contributed by atoms with Gasteiger partial charge in [-0.1, -0.05) is 0 Å². The van der Waals surface area contributed by atoms with Gasteiger partial charge in [0.25, 0.3) is 0 Å². The minimum absolute atomic E-state index is 0.0520. The largest absolute Gasteiger partial charge is 0.469 e. The fraction of sp³-hybridized carbons (Fsp3) is 0.444. The molecule has 0 aromatic carbocycles. The van der Waals surface area contributed by atoms with E-state index in [9.17, 15) is 4.79 Å². The molecule has 0 radical (unpaired) electrons. The molecule has 1 aromatic rings. The van der Waals surface area contributed by atoms with Crippen LogP contribution in [-0.2, 0) is 6.42 Å². The standard InChI is InChI=1S/C9H10O3/c10-5-6-3-8(11)7-1-2-12-9(7)4-6/h1-2,6,10H,3-5H2. The highest BCUT2D eigenvalue weighted by Crippen LogP contribution is 2.25. The van der Waals surface area contributed by atoms with Crippen molar-refractivity contribution in [2.45, 2.75) is 12.8 Å². The van der Waals surface area contributed by atoms with Crippen molar-refractivity contribution in [3.8, 4) is 0 Å². The summed E-state index contributed by atoms with van der Waals surface area (Å²) >= 11 is 0. The molecular formula is C9H10O3. The van der Waals surface area contributed by atoms with E-state index < -0.39 is 0 Å². The maximum absolute atomic E-state index is 11.3. The minimum Gasteiger partial charge on any atom is -0.469 e. The summed E-state index contributed by atoms with van der Waals surface area (Å²) in [6, 6.07) is 1.70. The normalized spacial score (nSPS) is 22.4. The Morgan fingerprint density at radius 2 is 2.42 bits per heavy atom. The number of carbonyl (C=O) groups excluding carboxylic acids is 1. The third kappa shape index (κ3) is 1.06. The van der Waals surface area contributed by atoms with Crippen molar-refractivity contribution >= 4 is 5.78 Å². The fourth-order valence-corrected chi connectivity index (χ4v) is 1.58. The number of hydrogen-bond donors (Lipinski definition) is 1. The Labute approximate surface area is 70.0 Å². The van der Waals surface area contributed by atoms with Gasteiger partial charge in [-0.3, -0.25) is 4.79 Å². The van der Waals surface area contributed by atoms with Gasteiger partial charge in [-0.25, -0.2) is 0 Å². The van der Waals surface area contributed by atoms with Gasteiger partial charge in [0, 0.05) is 19.4 Å². The maximum atomic E-state index is 11.3. The average Bonchev–Trinajstić information content (AvgIpc) is 2.52. The second-order valence-electron chi connectivity index (χ2n) is 3.14. The van der Waals surface area contributed by atoms with Gasteiger partial charge in [-0.15, -0.1) is 0 Å². The van der Waals surface area contributed by atoms with Crippen LogP contribution in [0.2, 0.25) is 0 Å². The highest BCUT2D eigenvalue weighted by Gasteiger charge is 2.26. The predicted octanol–water partition coefficient (Wildman–Crippen LogP) is 1.02. The Kier molecular flexibility index (Phi) is 1.73. The van der Waals surface area contributed by atoms with E-state index in [4.69, 9.17) is 9.52 Å². The van der Waals surface area contributed by atoms with Gasteiger partial charge >= 0.3 is 0 Å². The lowest BCUT2D eigenvalue weighted by atomic mass is 9.88. The zero-order chi connectivity index (χ0) is 8.55. The zero-order valence-corrected chi connectivity index (χ0v) is 6.62. The van der Waals surface area contributed by atoms with Gasteiger partial charge in [0.05, 0.1) is 11.8 Å². The predicted molar refractivity (Wildman–Crippen MR) is 41.9 cm³/mol. The van der Waals surface area contributed by atoms with E-state index in [1.807, 2.05) is 0 Å². The number of aliphatic hydroxyl groups is 1. The van der Waals surface area contributed by atoms with Crippen LogP contribution in [-0.4, -0.2) is 17.5 Å². The molecule has 1 N–H and O–H groups in total. The van der Waals surface area contributed by atoms with Crippen molar-refractivity contribution in [1.82, 2.24) is 0 Å². The summed E-state index contributed by atoms with van der Waals surface area (Å²) in [4.78, 5) is 11.3. The van der Waals surface area contributed by atoms with E-state index in [1.54, 1.807) is 6.07 Å². The number of hydrogen-bond acceptors (Lipinski definition) is 3. The summed E-state index contributed by atoms with van der Waals surface area (Å²) < 4.78 is 5.13. The molecule has 64 valence electrons. The second kappa shape index (κ2) is 2.75. The van der Waals surface area contributed by atoms with Crippen molar-refractivity contribution < 1.29 is 14.3 Å². The summed E-state index contributed by atoms with van der Waals surface area (Å²) in [6.45, 7) is 0.0614. The van der Waals surface area contributed by atoms with Crippen LogP contribution in [0.1, 0.15) is 22.5 Å². The molecule has 1 atom stereocenters. The van der Waals surface area contributed by atoms with Crippen LogP contribution in [0.25, 0.3) is 0 Å². The third-order valence-corrected chi connectivity index (χ3v) is 2.25. The number of furan rings is 1. The van der Waals surface area contributed by atoms with Gasteiger partial charge in [-0.05, 0) is 12.0 Å². The van der Waals surface area contributed by atoms with Gasteiger partial charge in [-0.2, -0.15) is 0 Å². The molecule has 1 heterocycles. The lowest BCUT2D eigenvalue weighted by Crippen LogP contribution is -2.21. The van der Waals surface area contributed by atoms with Crippen LogP contribution in [0.3, 0.4) is 0 Å². The first-order valence-corrected chi connectivity index (χ1v) is 4.01.